The number of carbonyl (C=O) groups is 4. The second kappa shape index (κ2) is 9.41. The molecule has 0 radical (unpaired) electrons. The minimum Gasteiger partial charge on any atom is -0.489 e. The number of benzene rings is 2. The zero-order valence-corrected chi connectivity index (χ0v) is 21.3. The van der Waals surface area contributed by atoms with Gasteiger partial charge in [0.25, 0.3) is 5.91 Å². The largest absolute Gasteiger partial charge is 0.489 e. The van der Waals surface area contributed by atoms with Crippen molar-refractivity contribution >= 4 is 47.2 Å². The first kappa shape index (κ1) is 25.1. The number of fused-ring (bicyclic) bond motifs is 1. The summed E-state index contributed by atoms with van der Waals surface area (Å²) in [5.74, 6) is -0.457. The Balaban J connectivity index is 1.29. The Morgan fingerprint density at radius 3 is 2.43 bits per heavy atom. The Bertz CT molecular complexity index is 1280. The first-order chi connectivity index (χ1) is 17.6. The van der Waals surface area contributed by atoms with Gasteiger partial charge < -0.3 is 19.3 Å². The highest BCUT2D eigenvalue weighted by Crippen LogP contribution is 2.45. The molecule has 2 fully saturated rings. The van der Waals surface area contributed by atoms with E-state index in [1.54, 1.807) is 29.8 Å². The van der Waals surface area contributed by atoms with Gasteiger partial charge in [0.1, 0.15) is 42.5 Å². The van der Waals surface area contributed by atoms with Crippen molar-refractivity contribution in [1.82, 2.24) is 15.1 Å². The van der Waals surface area contributed by atoms with Crippen molar-refractivity contribution < 1.29 is 28.7 Å². The van der Waals surface area contributed by atoms with Gasteiger partial charge in [-0.1, -0.05) is 35.5 Å². The normalized spacial score (nSPS) is 23.1. The maximum atomic E-state index is 13.4. The Morgan fingerprint density at radius 2 is 1.73 bits per heavy atom. The quantitative estimate of drug-likeness (QED) is 0.377. The summed E-state index contributed by atoms with van der Waals surface area (Å²) in [7, 11) is 5.41. The average Bonchev–Trinajstić information content (AvgIpc) is 3.20. The van der Waals surface area contributed by atoms with Gasteiger partial charge in [0, 0.05) is 30.6 Å². The van der Waals surface area contributed by atoms with Crippen LogP contribution < -0.4 is 10.1 Å². The number of morpholine rings is 1. The molecule has 2 aromatic rings. The van der Waals surface area contributed by atoms with Crippen molar-refractivity contribution in [2.45, 2.75) is 36.8 Å². The van der Waals surface area contributed by atoms with E-state index in [0.717, 1.165) is 16.7 Å². The van der Waals surface area contributed by atoms with Crippen molar-refractivity contribution in [3.63, 3.8) is 0 Å². The molecule has 188 valence electrons. The molecule has 37 heavy (non-hydrogen) atoms. The van der Waals surface area contributed by atoms with E-state index in [-0.39, 0.29) is 37.3 Å². The highest BCUT2D eigenvalue weighted by molar-refractivity contribution is 6.52. The number of carbonyl (C=O) groups excluding carboxylic acids is 4. The van der Waals surface area contributed by atoms with E-state index >= 15 is 0 Å². The summed E-state index contributed by atoms with van der Waals surface area (Å²) >= 11 is 0. The van der Waals surface area contributed by atoms with E-state index in [4.69, 9.17) is 9.47 Å². The molecule has 1 N–H and O–H groups in total. The standard InChI is InChI=1S/C25H28B3N3O6/c26-24(27)10-20(32)29-23(35)25(24,28)31-12-18-17(22(31)34)2-1-3-19(18)37-13-16-6-4-15(5-7-16)11-30-8-9-36-14-21(30)33/h1-7H,8-14,26-28H2,(H,29,32,35). The summed E-state index contributed by atoms with van der Waals surface area (Å²) in [6.45, 7) is 2.34. The van der Waals surface area contributed by atoms with Crippen LogP contribution in [0.15, 0.2) is 42.5 Å². The number of imide groups is 1. The number of rotatable bonds is 6. The third kappa shape index (κ3) is 4.43. The molecule has 4 amide bonds. The zero-order chi connectivity index (χ0) is 26.4. The fourth-order valence-corrected chi connectivity index (χ4v) is 5.30. The third-order valence-electron chi connectivity index (χ3n) is 7.95. The van der Waals surface area contributed by atoms with Gasteiger partial charge in [-0.15, -0.1) is 0 Å². The van der Waals surface area contributed by atoms with Crippen LogP contribution in [0.4, 0.5) is 0 Å². The Labute approximate surface area is 218 Å². The van der Waals surface area contributed by atoms with Gasteiger partial charge in [-0.3, -0.25) is 24.5 Å². The Morgan fingerprint density at radius 1 is 1.00 bits per heavy atom. The molecule has 2 aromatic carbocycles. The molecule has 1 atom stereocenters. The first-order valence-electron chi connectivity index (χ1n) is 12.4. The molecule has 0 bridgehead atoms. The van der Waals surface area contributed by atoms with Gasteiger partial charge in [-0.2, -0.15) is 0 Å². The monoisotopic (exact) mass is 499 g/mol. The second-order valence-electron chi connectivity index (χ2n) is 10.7. The van der Waals surface area contributed by atoms with Crippen molar-refractivity contribution in [3.05, 3.63) is 64.7 Å². The van der Waals surface area contributed by atoms with Crippen molar-refractivity contribution in [1.29, 1.82) is 0 Å². The maximum absolute atomic E-state index is 13.4. The van der Waals surface area contributed by atoms with Gasteiger partial charge in [0.15, 0.2) is 0 Å². The fraction of sp³-hybridized carbons (Fsp3) is 0.360. The van der Waals surface area contributed by atoms with E-state index < -0.39 is 16.6 Å². The Hall–Kier alpha value is -3.53. The lowest BCUT2D eigenvalue weighted by atomic mass is 9.36. The predicted octanol–water partition coefficient (Wildman–Crippen LogP) is -1.66. The van der Waals surface area contributed by atoms with Crippen LogP contribution >= 0.6 is 0 Å². The topological polar surface area (TPSA) is 105 Å². The molecule has 3 heterocycles. The first-order valence-corrected chi connectivity index (χ1v) is 12.4. The predicted molar refractivity (Wildman–Crippen MR) is 142 cm³/mol. The molecule has 2 saturated heterocycles. The van der Waals surface area contributed by atoms with E-state index in [9.17, 15) is 19.2 Å². The molecule has 3 aliphatic heterocycles. The van der Waals surface area contributed by atoms with Gasteiger partial charge in [0.2, 0.25) is 17.7 Å². The van der Waals surface area contributed by atoms with Crippen molar-refractivity contribution in [2.24, 2.45) is 0 Å². The molecular weight excluding hydrogens is 471 g/mol. The molecule has 0 spiro atoms. The van der Waals surface area contributed by atoms with Gasteiger partial charge in [-0.05, 0) is 23.3 Å². The van der Waals surface area contributed by atoms with Crippen LogP contribution in [-0.2, 0) is 38.8 Å². The van der Waals surface area contributed by atoms with Gasteiger partial charge >= 0.3 is 0 Å². The summed E-state index contributed by atoms with van der Waals surface area (Å²) in [4.78, 5) is 53.8. The summed E-state index contributed by atoms with van der Waals surface area (Å²) in [5, 5.41) is 1.68. The summed E-state index contributed by atoms with van der Waals surface area (Å²) in [5.41, 5.74) is 2.03. The van der Waals surface area contributed by atoms with Crippen LogP contribution in [0.3, 0.4) is 0 Å². The van der Waals surface area contributed by atoms with E-state index in [2.05, 4.69) is 5.32 Å². The lowest BCUT2D eigenvalue weighted by Gasteiger charge is -2.51. The van der Waals surface area contributed by atoms with Gasteiger partial charge in [-0.25, -0.2) is 0 Å². The number of amides is 4. The summed E-state index contributed by atoms with van der Waals surface area (Å²) < 4.78 is 11.3. The van der Waals surface area contributed by atoms with Crippen molar-refractivity contribution in [2.75, 3.05) is 19.8 Å². The zero-order valence-electron chi connectivity index (χ0n) is 21.3. The molecule has 0 aliphatic carbocycles. The van der Waals surface area contributed by atoms with Crippen LogP contribution in [0.2, 0.25) is 5.21 Å². The van der Waals surface area contributed by atoms with Crippen LogP contribution in [0.5, 0.6) is 5.75 Å². The summed E-state index contributed by atoms with van der Waals surface area (Å²) in [6.07, 6.45) is 0.147. The molecule has 0 aromatic heterocycles. The highest BCUT2D eigenvalue weighted by atomic mass is 16.5. The number of nitrogens with one attached hydrogen (secondary N) is 1. The fourth-order valence-electron chi connectivity index (χ4n) is 5.30. The van der Waals surface area contributed by atoms with Crippen LogP contribution in [0.25, 0.3) is 0 Å². The number of piperidine rings is 1. The van der Waals surface area contributed by atoms with Crippen LogP contribution in [-0.4, -0.2) is 82.2 Å². The van der Waals surface area contributed by atoms with E-state index in [1.807, 2.05) is 46.0 Å². The molecule has 5 rings (SSSR count). The second-order valence-corrected chi connectivity index (χ2v) is 10.7. The minimum atomic E-state index is -1.19. The van der Waals surface area contributed by atoms with Gasteiger partial charge in [0.05, 0.1) is 18.6 Å². The minimum absolute atomic E-state index is 0.00487. The molecule has 9 nitrogen and oxygen atoms in total. The highest BCUT2D eigenvalue weighted by Gasteiger charge is 2.57. The molecular formula is C25H28B3N3O6. The smallest absolute Gasteiger partial charge is 0.254 e. The van der Waals surface area contributed by atoms with E-state index in [0.29, 0.717) is 37.6 Å². The number of nitrogens with zero attached hydrogens (tertiary/aromatic N) is 2. The Kier molecular flexibility index (Phi) is 6.39. The van der Waals surface area contributed by atoms with E-state index in [1.165, 1.54) is 0 Å². The SMILES string of the molecule is BC1(B)CC(=O)NC(=O)C1(B)N1Cc2c(OCc3ccc(CN4CCOCC4=O)cc3)cccc2C1=O. The molecule has 3 aliphatic rings. The van der Waals surface area contributed by atoms with Crippen LogP contribution in [0.1, 0.15) is 33.5 Å². The average molecular weight is 499 g/mol. The molecule has 0 saturated carbocycles. The van der Waals surface area contributed by atoms with Crippen LogP contribution in [0, 0.1) is 0 Å². The molecule has 12 heteroatoms. The number of ether oxygens (including phenoxy) is 2. The lowest BCUT2D eigenvalue weighted by molar-refractivity contribution is -0.143. The summed E-state index contributed by atoms with van der Waals surface area (Å²) in [6, 6.07) is 13.2. The third-order valence-corrected chi connectivity index (χ3v) is 7.95. The lowest BCUT2D eigenvalue weighted by Crippen LogP contribution is -2.70. The number of hydrogen-bond acceptors (Lipinski definition) is 6. The number of hydrogen-bond donors (Lipinski definition) is 1. The maximum Gasteiger partial charge on any atom is 0.254 e. The van der Waals surface area contributed by atoms with Crippen molar-refractivity contribution in [3.8, 4) is 5.75 Å². The molecule has 1 unspecified atom stereocenters.